The van der Waals surface area contributed by atoms with Crippen molar-refractivity contribution >= 4 is 29.2 Å². The van der Waals surface area contributed by atoms with Crippen LogP contribution in [0.15, 0.2) is 18.2 Å². The van der Waals surface area contributed by atoms with Gasteiger partial charge in [0.25, 0.3) is 5.91 Å². The highest BCUT2D eigenvalue weighted by atomic mass is 35.5. The van der Waals surface area contributed by atoms with Crippen LogP contribution in [-0.2, 0) is 4.79 Å². The fourth-order valence-corrected chi connectivity index (χ4v) is 2.85. The van der Waals surface area contributed by atoms with Crippen LogP contribution in [0.3, 0.4) is 0 Å². The Bertz CT molecular complexity index is 539. The Hall–Kier alpha value is -1.75. The molecule has 1 aromatic rings. The molecular weight excluding hydrogens is 280 g/mol. The van der Waals surface area contributed by atoms with Gasteiger partial charge >= 0.3 is 5.97 Å². The zero-order valence-corrected chi connectivity index (χ0v) is 11.7. The van der Waals surface area contributed by atoms with Gasteiger partial charge in [0.2, 0.25) is 0 Å². The Morgan fingerprint density at radius 2 is 2.00 bits per heavy atom. The lowest BCUT2D eigenvalue weighted by Gasteiger charge is -2.28. The van der Waals surface area contributed by atoms with Gasteiger partial charge in [-0.25, -0.2) is 0 Å². The first-order chi connectivity index (χ1) is 9.42. The van der Waals surface area contributed by atoms with Crippen molar-refractivity contribution in [3.63, 3.8) is 0 Å². The maximum absolute atomic E-state index is 12.2. The number of carboxylic acids is 1. The van der Waals surface area contributed by atoms with Gasteiger partial charge in [-0.1, -0.05) is 24.4 Å². The highest BCUT2D eigenvalue weighted by molar-refractivity contribution is 6.33. The molecule has 0 saturated heterocycles. The van der Waals surface area contributed by atoms with Crippen molar-refractivity contribution in [3.05, 3.63) is 28.8 Å². The van der Waals surface area contributed by atoms with E-state index in [0.29, 0.717) is 29.1 Å². The summed E-state index contributed by atoms with van der Waals surface area (Å²) in [5.41, 5.74) is 5.76. The zero-order chi connectivity index (χ0) is 14.8. The van der Waals surface area contributed by atoms with Gasteiger partial charge in [0.1, 0.15) is 0 Å². The number of amides is 1. The first kappa shape index (κ1) is 14.7. The SMILES string of the molecule is Nc1ccc(C(=O)NC2(CC(=O)O)CCCC2)cc1Cl. The van der Waals surface area contributed by atoms with E-state index in [0.717, 1.165) is 12.8 Å². The molecule has 0 aliphatic heterocycles. The van der Waals surface area contributed by atoms with Crippen LogP contribution < -0.4 is 11.1 Å². The third-order valence-corrected chi connectivity index (χ3v) is 4.02. The van der Waals surface area contributed by atoms with Gasteiger partial charge in [-0.15, -0.1) is 0 Å². The number of carbonyl (C=O) groups excluding carboxylic acids is 1. The number of halogens is 1. The smallest absolute Gasteiger partial charge is 0.305 e. The molecule has 0 aromatic heterocycles. The quantitative estimate of drug-likeness (QED) is 0.744. The Labute approximate surface area is 122 Å². The molecule has 5 nitrogen and oxygen atoms in total. The Morgan fingerprint density at radius 1 is 1.35 bits per heavy atom. The van der Waals surface area contributed by atoms with Crippen LogP contribution in [0.25, 0.3) is 0 Å². The highest BCUT2D eigenvalue weighted by Crippen LogP contribution is 2.33. The van der Waals surface area contributed by atoms with Gasteiger partial charge < -0.3 is 16.2 Å². The summed E-state index contributed by atoms with van der Waals surface area (Å²) in [6.07, 6.45) is 3.18. The fraction of sp³-hybridized carbons (Fsp3) is 0.429. The molecule has 0 spiro atoms. The molecule has 20 heavy (non-hydrogen) atoms. The van der Waals surface area contributed by atoms with Crippen LogP contribution in [0, 0.1) is 0 Å². The van der Waals surface area contributed by atoms with E-state index in [1.807, 2.05) is 0 Å². The van der Waals surface area contributed by atoms with Crippen molar-refractivity contribution in [2.24, 2.45) is 0 Å². The Morgan fingerprint density at radius 3 is 2.55 bits per heavy atom. The maximum atomic E-state index is 12.2. The fourth-order valence-electron chi connectivity index (χ4n) is 2.67. The summed E-state index contributed by atoms with van der Waals surface area (Å²) < 4.78 is 0. The largest absolute Gasteiger partial charge is 0.481 e. The molecule has 0 bridgehead atoms. The van der Waals surface area contributed by atoms with Crippen molar-refractivity contribution in [2.75, 3.05) is 5.73 Å². The van der Waals surface area contributed by atoms with Gasteiger partial charge in [-0.2, -0.15) is 0 Å². The van der Waals surface area contributed by atoms with Crippen LogP contribution in [0.2, 0.25) is 5.02 Å². The molecule has 0 heterocycles. The number of nitrogens with two attached hydrogens (primary N) is 1. The number of carboxylic acid groups (broad SMARTS) is 1. The molecule has 1 aliphatic carbocycles. The standard InChI is InChI=1S/C14H17ClN2O3/c15-10-7-9(3-4-11(10)16)13(20)17-14(8-12(18)19)5-1-2-6-14/h3-4,7H,1-2,5-6,8,16H2,(H,17,20)(H,18,19). The molecule has 1 aliphatic rings. The van der Waals surface area contributed by atoms with Crippen molar-refractivity contribution in [1.82, 2.24) is 5.32 Å². The van der Waals surface area contributed by atoms with Crippen LogP contribution in [0.5, 0.6) is 0 Å². The molecule has 1 aromatic carbocycles. The van der Waals surface area contributed by atoms with Gasteiger partial charge in [-0.3, -0.25) is 9.59 Å². The molecule has 6 heteroatoms. The molecule has 0 radical (unpaired) electrons. The van der Waals surface area contributed by atoms with Crippen molar-refractivity contribution < 1.29 is 14.7 Å². The van der Waals surface area contributed by atoms with Crippen molar-refractivity contribution in [2.45, 2.75) is 37.6 Å². The number of nitrogens with one attached hydrogen (secondary N) is 1. The average molecular weight is 297 g/mol. The molecule has 0 unspecified atom stereocenters. The van der Waals surface area contributed by atoms with E-state index in [1.165, 1.54) is 6.07 Å². The molecule has 4 N–H and O–H groups in total. The summed E-state index contributed by atoms with van der Waals surface area (Å²) in [6.45, 7) is 0. The lowest BCUT2D eigenvalue weighted by atomic mass is 9.92. The molecule has 1 fully saturated rings. The predicted molar refractivity (Wildman–Crippen MR) is 76.8 cm³/mol. The monoisotopic (exact) mass is 296 g/mol. The second-order valence-corrected chi connectivity index (χ2v) is 5.66. The summed E-state index contributed by atoms with van der Waals surface area (Å²) >= 11 is 5.89. The minimum atomic E-state index is -0.900. The van der Waals surface area contributed by atoms with E-state index in [4.69, 9.17) is 22.4 Å². The summed E-state index contributed by atoms with van der Waals surface area (Å²) in [4.78, 5) is 23.2. The highest BCUT2D eigenvalue weighted by Gasteiger charge is 2.37. The van der Waals surface area contributed by atoms with E-state index < -0.39 is 11.5 Å². The number of nitrogen functional groups attached to an aromatic ring is 1. The topological polar surface area (TPSA) is 92.4 Å². The van der Waals surface area contributed by atoms with Crippen LogP contribution in [0.1, 0.15) is 42.5 Å². The predicted octanol–water partition coefficient (Wildman–Crippen LogP) is 2.44. The lowest BCUT2D eigenvalue weighted by Crippen LogP contribution is -2.47. The van der Waals surface area contributed by atoms with Gasteiger partial charge in [-0.05, 0) is 31.0 Å². The average Bonchev–Trinajstić information content (AvgIpc) is 2.79. The number of anilines is 1. The number of hydrogen-bond donors (Lipinski definition) is 3. The van der Waals surface area contributed by atoms with Crippen LogP contribution in [0.4, 0.5) is 5.69 Å². The van der Waals surface area contributed by atoms with E-state index in [2.05, 4.69) is 5.32 Å². The Balaban J connectivity index is 2.16. The molecule has 1 amide bonds. The summed E-state index contributed by atoms with van der Waals surface area (Å²) in [7, 11) is 0. The van der Waals surface area contributed by atoms with Crippen LogP contribution in [-0.4, -0.2) is 22.5 Å². The second-order valence-electron chi connectivity index (χ2n) is 5.25. The summed E-state index contributed by atoms with van der Waals surface area (Å²) in [6, 6.07) is 4.64. The summed E-state index contributed by atoms with van der Waals surface area (Å²) in [5, 5.41) is 12.2. The molecule has 1 saturated carbocycles. The number of hydrogen-bond acceptors (Lipinski definition) is 3. The lowest BCUT2D eigenvalue weighted by molar-refractivity contribution is -0.138. The normalized spacial score (nSPS) is 16.9. The number of rotatable bonds is 4. The van der Waals surface area contributed by atoms with Crippen molar-refractivity contribution in [1.29, 1.82) is 0 Å². The molecular formula is C14H17ClN2O3. The van der Waals surface area contributed by atoms with Gasteiger partial charge in [0, 0.05) is 5.56 Å². The van der Waals surface area contributed by atoms with Gasteiger partial charge in [0.15, 0.2) is 0 Å². The van der Waals surface area contributed by atoms with Gasteiger partial charge in [0.05, 0.1) is 22.7 Å². The molecule has 2 rings (SSSR count). The minimum Gasteiger partial charge on any atom is -0.481 e. The molecule has 108 valence electrons. The van der Waals surface area contributed by atoms with E-state index in [1.54, 1.807) is 12.1 Å². The number of benzene rings is 1. The van der Waals surface area contributed by atoms with E-state index in [9.17, 15) is 9.59 Å². The van der Waals surface area contributed by atoms with Crippen LogP contribution >= 0.6 is 11.6 Å². The summed E-state index contributed by atoms with van der Waals surface area (Å²) in [5.74, 6) is -1.21. The Kier molecular flexibility index (Phi) is 4.18. The zero-order valence-electron chi connectivity index (χ0n) is 11.0. The number of aliphatic carboxylic acids is 1. The van der Waals surface area contributed by atoms with E-state index in [-0.39, 0.29) is 12.3 Å². The third-order valence-electron chi connectivity index (χ3n) is 3.69. The second kappa shape index (κ2) is 5.71. The van der Waals surface area contributed by atoms with E-state index >= 15 is 0 Å². The minimum absolute atomic E-state index is 0.0541. The van der Waals surface area contributed by atoms with Crippen molar-refractivity contribution in [3.8, 4) is 0 Å². The number of carbonyl (C=O) groups is 2. The third kappa shape index (κ3) is 3.22. The first-order valence-corrected chi connectivity index (χ1v) is 6.89. The first-order valence-electron chi connectivity index (χ1n) is 6.51. The maximum Gasteiger partial charge on any atom is 0.305 e. The molecule has 0 atom stereocenters.